The number of hydrogen-bond donors (Lipinski definition) is 1. The molecule has 0 aromatic heterocycles. The number of nitrogens with zero attached hydrogens (tertiary/aromatic N) is 1. The average Bonchev–Trinajstić information content (AvgIpc) is 2.06. The third kappa shape index (κ3) is 1.93. The average molecular weight is 150 g/mol. The first-order valence-corrected chi connectivity index (χ1v) is 3.96. The Labute approximate surface area is 67.7 Å². The van der Waals surface area contributed by atoms with Gasteiger partial charge in [-0.1, -0.05) is 6.58 Å². The molecule has 2 heteroatoms. The minimum atomic E-state index is 1.05. The molecule has 0 atom stereocenters. The van der Waals surface area contributed by atoms with E-state index in [0.29, 0.717) is 0 Å². The van der Waals surface area contributed by atoms with Crippen LogP contribution in [0.4, 0.5) is 0 Å². The van der Waals surface area contributed by atoms with Crippen LogP contribution in [0.5, 0.6) is 0 Å². The number of allylic oxidation sites excluding steroid dienone is 2. The molecule has 0 saturated heterocycles. The maximum absolute atomic E-state index is 4.26. The summed E-state index contributed by atoms with van der Waals surface area (Å²) in [6.45, 7) is 6.70. The molecule has 0 saturated carbocycles. The van der Waals surface area contributed by atoms with Gasteiger partial charge in [-0.3, -0.25) is 4.99 Å². The maximum Gasteiger partial charge on any atom is 0.0631 e. The summed E-state index contributed by atoms with van der Waals surface area (Å²) in [7, 11) is 0. The summed E-state index contributed by atoms with van der Waals surface area (Å²) in [5, 5.41) is 3.25. The topological polar surface area (TPSA) is 24.4 Å². The van der Waals surface area contributed by atoms with Crippen molar-refractivity contribution in [3.63, 3.8) is 0 Å². The molecule has 0 radical (unpaired) electrons. The molecule has 0 unspecified atom stereocenters. The minimum Gasteiger partial charge on any atom is -0.384 e. The van der Waals surface area contributed by atoms with Gasteiger partial charge in [0, 0.05) is 12.8 Å². The van der Waals surface area contributed by atoms with Crippen LogP contribution in [0.25, 0.3) is 0 Å². The zero-order valence-electron chi connectivity index (χ0n) is 6.93. The van der Waals surface area contributed by atoms with E-state index in [9.17, 15) is 0 Å². The molecule has 2 nitrogen and oxygen atoms in total. The lowest BCUT2D eigenvalue weighted by Gasteiger charge is -2.16. The van der Waals surface area contributed by atoms with Crippen LogP contribution >= 0.6 is 0 Å². The van der Waals surface area contributed by atoms with Crippen LogP contribution in [-0.4, -0.2) is 12.8 Å². The van der Waals surface area contributed by atoms with E-state index in [1.165, 1.54) is 6.42 Å². The van der Waals surface area contributed by atoms with Crippen LogP contribution in [-0.2, 0) is 0 Å². The van der Waals surface area contributed by atoms with Crippen molar-refractivity contribution in [1.82, 2.24) is 5.32 Å². The number of rotatable bonds is 2. The highest BCUT2D eigenvalue weighted by atomic mass is 14.9. The molecule has 0 aromatic rings. The molecule has 0 spiro atoms. The van der Waals surface area contributed by atoms with E-state index < -0.39 is 0 Å². The molecule has 0 fully saturated rings. The lowest BCUT2D eigenvalue weighted by Crippen LogP contribution is -2.19. The Morgan fingerprint density at radius 3 is 3.09 bits per heavy atom. The molecule has 1 aliphatic heterocycles. The highest BCUT2D eigenvalue weighted by Crippen LogP contribution is 2.15. The monoisotopic (exact) mass is 150 g/mol. The third-order valence-corrected chi connectivity index (χ3v) is 1.71. The lowest BCUT2D eigenvalue weighted by molar-refractivity contribution is 0.670. The fourth-order valence-electron chi connectivity index (χ4n) is 1.20. The van der Waals surface area contributed by atoms with E-state index in [1.807, 2.05) is 19.2 Å². The van der Waals surface area contributed by atoms with Gasteiger partial charge in [-0.15, -0.1) is 0 Å². The zero-order valence-corrected chi connectivity index (χ0v) is 6.93. The highest BCUT2D eigenvalue weighted by molar-refractivity contribution is 5.55. The molecule has 1 rings (SSSR count). The molecular weight excluding hydrogens is 136 g/mol. The van der Waals surface area contributed by atoms with E-state index in [2.05, 4.69) is 16.9 Å². The van der Waals surface area contributed by atoms with Gasteiger partial charge in [0.05, 0.1) is 11.4 Å². The quantitative estimate of drug-likeness (QED) is 0.597. The number of aliphatic imine (C=N–C) groups is 1. The minimum absolute atomic E-state index is 1.05. The Kier molecular flexibility index (Phi) is 2.90. The first-order valence-electron chi connectivity index (χ1n) is 3.96. The Bertz CT molecular complexity index is 202. The van der Waals surface area contributed by atoms with E-state index in [4.69, 9.17) is 0 Å². The fourth-order valence-corrected chi connectivity index (χ4v) is 1.20. The van der Waals surface area contributed by atoms with Crippen molar-refractivity contribution in [3.8, 4) is 0 Å². The second kappa shape index (κ2) is 3.96. The Morgan fingerprint density at radius 1 is 1.64 bits per heavy atom. The van der Waals surface area contributed by atoms with Crippen molar-refractivity contribution in [1.29, 1.82) is 0 Å². The first-order chi connectivity index (χ1) is 5.38. The van der Waals surface area contributed by atoms with Gasteiger partial charge in [0.25, 0.3) is 0 Å². The van der Waals surface area contributed by atoms with Crippen molar-refractivity contribution >= 4 is 6.21 Å². The maximum atomic E-state index is 4.26. The molecule has 0 aromatic carbocycles. The summed E-state index contributed by atoms with van der Waals surface area (Å²) in [4.78, 5) is 4.26. The summed E-state index contributed by atoms with van der Waals surface area (Å²) in [6.07, 6.45) is 5.90. The molecule has 0 amide bonds. The van der Waals surface area contributed by atoms with Gasteiger partial charge >= 0.3 is 0 Å². The molecule has 11 heavy (non-hydrogen) atoms. The molecular formula is C9H14N2. The van der Waals surface area contributed by atoms with Crippen LogP contribution in [0, 0.1) is 0 Å². The molecule has 1 N–H and O–H groups in total. The lowest BCUT2D eigenvalue weighted by atomic mass is 10.1. The summed E-state index contributed by atoms with van der Waals surface area (Å²) >= 11 is 0. The number of hydrogen-bond acceptors (Lipinski definition) is 2. The third-order valence-electron chi connectivity index (χ3n) is 1.71. The summed E-state index contributed by atoms with van der Waals surface area (Å²) in [6, 6.07) is 0. The van der Waals surface area contributed by atoms with Crippen LogP contribution in [0.3, 0.4) is 0 Å². The van der Waals surface area contributed by atoms with Crippen molar-refractivity contribution < 1.29 is 0 Å². The van der Waals surface area contributed by atoms with Gasteiger partial charge in [0.2, 0.25) is 0 Å². The van der Waals surface area contributed by atoms with Crippen molar-refractivity contribution in [2.75, 3.05) is 6.54 Å². The summed E-state index contributed by atoms with van der Waals surface area (Å²) in [5.74, 6) is 0. The van der Waals surface area contributed by atoms with Gasteiger partial charge in [0.1, 0.15) is 0 Å². The Morgan fingerprint density at radius 2 is 2.45 bits per heavy atom. The first kappa shape index (κ1) is 8.05. The molecule has 60 valence electrons. The van der Waals surface area contributed by atoms with Gasteiger partial charge in [-0.05, 0) is 25.8 Å². The van der Waals surface area contributed by atoms with Gasteiger partial charge in [-0.2, -0.15) is 0 Å². The highest BCUT2D eigenvalue weighted by Gasteiger charge is 2.06. The van der Waals surface area contributed by atoms with Crippen LogP contribution in [0.2, 0.25) is 0 Å². The molecule has 1 heterocycles. The predicted octanol–water partition coefficient (Wildman–Crippen LogP) is 1.86. The van der Waals surface area contributed by atoms with Gasteiger partial charge in [-0.25, -0.2) is 0 Å². The standard InChI is InChI=1S/C9H14N2/c1-3-8-9(10-4-2)6-5-7-11-8/h3-4,11H,1,5-7H2,2H3. The summed E-state index contributed by atoms with van der Waals surface area (Å²) in [5.41, 5.74) is 2.23. The Balaban J connectivity index is 2.81. The normalized spacial score (nSPS) is 18.6. The second-order valence-corrected chi connectivity index (χ2v) is 2.48. The Hall–Kier alpha value is -1.05. The van der Waals surface area contributed by atoms with Gasteiger partial charge < -0.3 is 5.32 Å². The largest absolute Gasteiger partial charge is 0.384 e. The van der Waals surface area contributed by atoms with Crippen LogP contribution in [0.1, 0.15) is 19.8 Å². The van der Waals surface area contributed by atoms with Crippen LogP contribution in [0.15, 0.2) is 29.0 Å². The van der Waals surface area contributed by atoms with E-state index in [1.54, 1.807) is 0 Å². The second-order valence-electron chi connectivity index (χ2n) is 2.48. The zero-order chi connectivity index (χ0) is 8.10. The number of nitrogens with one attached hydrogen (secondary N) is 1. The van der Waals surface area contributed by atoms with Gasteiger partial charge in [0.15, 0.2) is 0 Å². The smallest absolute Gasteiger partial charge is 0.0631 e. The molecule has 0 bridgehead atoms. The van der Waals surface area contributed by atoms with Crippen LogP contribution < -0.4 is 5.32 Å². The van der Waals surface area contributed by atoms with Crippen molar-refractivity contribution in [3.05, 3.63) is 24.0 Å². The van der Waals surface area contributed by atoms with Crippen molar-refractivity contribution in [2.45, 2.75) is 19.8 Å². The molecule has 1 aliphatic rings. The SMILES string of the molecule is C=CC1=C(N=CC)CCCN1. The fraction of sp³-hybridized carbons (Fsp3) is 0.444. The summed E-state index contributed by atoms with van der Waals surface area (Å²) < 4.78 is 0. The van der Waals surface area contributed by atoms with E-state index in [0.717, 1.165) is 24.4 Å². The predicted molar refractivity (Wildman–Crippen MR) is 48.6 cm³/mol. The van der Waals surface area contributed by atoms with E-state index >= 15 is 0 Å². The molecule has 0 aliphatic carbocycles. The van der Waals surface area contributed by atoms with Crippen molar-refractivity contribution in [2.24, 2.45) is 4.99 Å². The van der Waals surface area contributed by atoms with E-state index in [-0.39, 0.29) is 0 Å².